The van der Waals surface area contributed by atoms with Crippen LogP contribution in [-0.4, -0.2) is 222 Å². The van der Waals surface area contributed by atoms with Crippen molar-refractivity contribution in [2.75, 3.05) is 157 Å². The molecule has 0 amide bonds. The standard InChI is InChI=1S/C54H78N8O8/c63-45(33-59-25-17-55-18-26-59)37-67-49-9-1-41(2-10-49)53(42-3-11-50(12-4-42)68-38-46(64)34-60-27-19-56-20-28-60)54(43-5-13-51(14-6-43)69-39-47(65)35-61-29-21-57-22-30-61)44-7-15-52(16-8-44)70-40-48(66)36-62-31-23-58-24-32-62/h1-16,45-48,53-58,63-66H,17-40H2. The van der Waals surface area contributed by atoms with Crippen molar-refractivity contribution in [3.8, 4) is 23.0 Å². The third kappa shape index (κ3) is 16.3. The molecule has 4 aliphatic rings. The highest BCUT2D eigenvalue weighted by Crippen LogP contribution is 2.44. The molecule has 0 aliphatic carbocycles. The van der Waals surface area contributed by atoms with E-state index in [1.807, 2.05) is 48.5 Å². The average Bonchev–Trinajstić information content (AvgIpc) is 3.40. The largest absolute Gasteiger partial charge is 0.491 e. The maximum absolute atomic E-state index is 10.9. The Balaban J connectivity index is 1.04. The number of β-amino-alcohol motifs (C(OH)–C–C–N with tert-alkyl or cyclic N) is 4. The fourth-order valence-electron chi connectivity index (χ4n) is 9.99. The van der Waals surface area contributed by atoms with Crippen molar-refractivity contribution in [1.29, 1.82) is 0 Å². The number of rotatable bonds is 25. The van der Waals surface area contributed by atoms with E-state index in [0.29, 0.717) is 49.2 Å². The molecule has 4 saturated heterocycles. The second kappa shape index (κ2) is 27.4. The minimum atomic E-state index is -0.608. The predicted molar refractivity (Wildman–Crippen MR) is 273 cm³/mol. The second-order valence-corrected chi connectivity index (χ2v) is 19.3. The molecule has 8 N–H and O–H groups in total. The van der Waals surface area contributed by atoms with Crippen LogP contribution < -0.4 is 40.2 Å². The molecular formula is C54H78N8O8. The lowest BCUT2D eigenvalue weighted by Gasteiger charge is -2.30. The lowest BCUT2D eigenvalue weighted by atomic mass is 9.73. The first-order valence-electron chi connectivity index (χ1n) is 25.7. The first-order chi connectivity index (χ1) is 34.3. The predicted octanol–water partition coefficient (Wildman–Crippen LogP) is 1.23. The summed E-state index contributed by atoms with van der Waals surface area (Å²) in [6.45, 7) is 17.7. The molecule has 4 fully saturated rings. The first-order valence-corrected chi connectivity index (χ1v) is 25.7. The number of nitrogens with zero attached hydrogens (tertiary/aromatic N) is 4. The molecule has 4 aromatic rings. The molecule has 0 bridgehead atoms. The molecule has 8 rings (SSSR count). The van der Waals surface area contributed by atoms with E-state index in [9.17, 15) is 20.4 Å². The van der Waals surface area contributed by atoms with Crippen molar-refractivity contribution < 1.29 is 39.4 Å². The molecule has 16 nitrogen and oxygen atoms in total. The summed E-state index contributed by atoms with van der Waals surface area (Å²) in [5, 5.41) is 56.9. The van der Waals surface area contributed by atoms with Crippen molar-refractivity contribution in [1.82, 2.24) is 40.9 Å². The zero-order chi connectivity index (χ0) is 48.3. The molecule has 0 radical (unpaired) electrons. The van der Waals surface area contributed by atoms with Crippen molar-refractivity contribution in [2.45, 2.75) is 36.3 Å². The van der Waals surface area contributed by atoms with Gasteiger partial charge in [0, 0.05) is 143 Å². The Morgan fingerprint density at radius 1 is 0.314 bits per heavy atom. The van der Waals surface area contributed by atoms with Gasteiger partial charge in [0.25, 0.3) is 0 Å². The van der Waals surface area contributed by atoms with Gasteiger partial charge in [0.2, 0.25) is 0 Å². The van der Waals surface area contributed by atoms with E-state index in [4.69, 9.17) is 18.9 Å². The smallest absolute Gasteiger partial charge is 0.119 e. The highest BCUT2D eigenvalue weighted by atomic mass is 16.5. The van der Waals surface area contributed by atoms with Gasteiger partial charge in [-0.05, 0) is 70.8 Å². The van der Waals surface area contributed by atoms with E-state index in [2.05, 4.69) is 89.4 Å². The summed E-state index contributed by atoms with van der Waals surface area (Å²) in [6.07, 6.45) is -2.43. The topological polar surface area (TPSA) is 179 Å². The third-order valence-electron chi connectivity index (χ3n) is 13.8. The number of hydrogen-bond donors (Lipinski definition) is 8. The fraction of sp³-hybridized carbons (Fsp3) is 0.556. The van der Waals surface area contributed by atoms with Crippen LogP contribution in [0.15, 0.2) is 97.1 Å². The zero-order valence-electron chi connectivity index (χ0n) is 40.9. The van der Waals surface area contributed by atoms with Gasteiger partial charge in [0.15, 0.2) is 0 Å². The highest BCUT2D eigenvalue weighted by Gasteiger charge is 2.30. The summed E-state index contributed by atoms with van der Waals surface area (Å²) in [5.41, 5.74) is 4.25. The van der Waals surface area contributed by atoms with E-state index >= 15 is 0 Å². The molecule has 0 spiro atoms. The molecule has 70 heavy (non-hydrogen) atoms. The monoisotopic (exact) mass is 967 g/mol. The Bertz CT molecular complexity index is 1770. The number of ether oxygens (including phenoxy) is 4. The van der Waals surface area contributed by atoms with Crippen molar-refractivity contribution in [2.24, 2.45) is 0 Å². The normalized spacial score (nSPS) is 20.5. The van der Waals surface area contributed by atoms with Gasteiger partial charge in [0.1, 0.15) is 73.8 Å². The Kier molecular flexibility index (Phi) is 20.4. The van der Waals surface area contributed by atoms with Crippen LogP contribution in [0.25, 0.3) is 0 Å². The van der Waals surface area contributed by atoms with Crippen LogP contribution in [0.4, 0.5) is 0 Å². The summed E-state index contributed by atoms with van der Waals surface area (Å²) in [4.78, 5) is 9.05. The third-order valence-corrected chi connectivity index (χ3v) is 13.8. The number of aliphatic hydroxyl groups excluding tert-OH is 4. The van der Waals surface area contributed by atoms with E-state index in [1.165, 1.54) is 0 Å². The van der Waals surface area contributed by atoms with Gasteiger partial charge in [0.05, 0.1) is 0 Å². The van der Waals surface area contributed by atoms with Crippen LogP contribution in [0.3, 0.4) is 0 Å². The Morgan fingerprint density at radius 2 is 0.500 bits per heavy atom. The number of piperazine rings is 4. The minimum Gasteiger partial charge on any atom is -0.491 e. The molecule has 4 aliphatic heterocycles. The van der Waals surface area contributed by atoms with Gasteiger partial charge in [-0.25, -0.2) is 0 Å². The molecule has 0 saturated carbocycles. The number of nitrogens with one attached hydrogen (secondary N) is 4. The van der Waals surface area contributed by atoms with Gasteiger partial charge in [-0.3, -0.25) is 19.6 Å². The highest BCUT2D eigenvalue weighted by molar-refractivity contribution is 5.48. The molecule has 382 valence electrons. The number of benzene rings is 4. The van der Waals surface area contributed by atoms with Gasteiger partial charge in [-0.2, -0.15) is 0 Å². The van der Waals surface area contributed by atoms with Gasteiger partial charge in [-0.15, -0.1) is 0 Å². The van der Waals surface area contributed by atoms with Crippen LogP contribution in [0.2, 0.25) is 0 Å². The zero-order valence-corrected chi connectivity index (χ0v) is 40.9. The Hall–Kier alpha value is -4.40. The lowest BCUT2D eigenvalue weighted by Crippen LogP contribution is -2.47. The average molecular weight is 967 g/mol. The minimum absolute atomic E-state index is 0.194. The van der Waals surface area contributed by atoms with E-state index in [0.717, 1.165) is 127 Å². The molecule has 16 heteroatoms. The maximum atomic E-state index is 10.9. The summed E-state index contributed by atoms with van der Waals surface area (Å²) in [7, 11) is 0. The fourth-order valence-corrected chi connectivity index (χ4v) is 9.99. The maximum Gasteiger partial charge on any atom is 0.119 e. The van der Waals surface area contributed by atoms with Crippen LogP contribution >= 0.6 is 0 Å². The number of hydrogen-bond acceptors (Lipinski definition) is 16. The van der Waals surface area contributed by atoms with Crippen molar-refractivity contribution in [3.63, 3.8) is 0 Å². The molecule has 4 heterocycles. The van der Waals surface area contributed by atoms with Crippen LogP contribution in [0.1, 0.15) is 34.1 Å². The summed E-state index contributed by atoms with van der Waals surface area (Å²) >= 11 is 0. The van der Waals surface area contributed by atoms with E-state index < -0.39 is 24.4 Å². The summed E-state index contributed by atoms with van der Waals surface area (Å²) < 4.78 is 24.7. The second-order valence-electron chi connectivity index (χ2n) is 19.3. The van der Waals surface area contributed by atoms with Gasteiger partial charge in [-0.1, -0.05) is 48.5 Å². The molecule has 4 aromatic carbocycles. The lowest BCUT2D eigenvalue weighted by molar-refractivity contribution is 0.0640. The van der Waals surface area contributed by atoms with Gasteiger partial charge >= 0.3 is 0 Å². The van der Waals surface area contributed by atoms with Gasteiger partial charge < -0.3 is 60.6 Å². The quantitative estimate of drug-likeness (QED) is 0.0476. The number of aliphatic hydroxyl groups is 4. The summed E-state index contributed by atoms with van der Waals surface area (Å²) in [6, 6.07) is 32.8. The molecule has 0 aromatic heterocycles. The summed E-state index contributed by atoms with van der Waals surface area (Å²) in [5.74, 6) is 2.34. The van der Waals surface area contributed by atoms with E-state index in [-0.39, 0.29) is 38.3 Å². The van der Waals surface area contributed by atoms with Crippen LogP contribution in [0, 0.1) is 0 Å². The first kappa shape index (κ1) is 51.9. The molecule has 4 atom stereocenters. The SMILES string of the molecule is OC(COc1ccc(C(c2ccc(OCC(O)CN3CCNCC3)cc2)C(c2ccc(OCC(O)CN3CCNCC3)cc2)c2ccc(OCC(O)CN3CCNCC3)cc2)cc1)CN1CCNCC1. The van der Waals surface area contributed by atoms with Crippen LogP contribution in [-0.2, 0) is 0 Å². The van der Waals surface area contributed by atoms with Crippen LogP contribution in [0.5, 0.6) is 23.0 Å². The molecule has 4 unspecified atom stereocenters. The Morgan fingerprint density at radius 3 is 0.686 bits per heavy atom. The Labute approximate surface area is 414 Å². The van der Waals surface area contributed by atoms with Crippen molar-refractivity contribution in [3.05, 3.63) is 119 Å². The van der Waals surface area contributed by atoms with Crippen molar-refractivity contribution >= 4 is 0 Å². The van der Waals surface area contributed by atoms with E-state index in [1.54, 1.807) is 0 Å². The molecular weight excluding hydrogens is 889 g/mol.